The second kappa shape index (κ2) is 7.63. The number of thiophene rings is 1. The number of rotatable bonds is 6. The average molecular weight is 435 g/mol. The molecular formula is C15H17Br2NO2S. The van der Waals surface area contributed by atoms with Gasteiger partial charge in [0.25, 0.3) is 0 Å². The Labute approximate surface area is 145 Å². The van der Waals surface area contributed by atoms with E-state index in [1.807, 2.05) is 19.2 Å². The molecule has 2 rings (SSSR count). The molecule has 0 aliphatic heterocycles. The van der Waals surface area contributed by atoms with E-state index >= 15 is 0 Å². The van der Waals surface area contributed by atoms with Crippen LogP contribution in [0.25, 0.3) is 0 Å². The Balaban J connectivity index is 2.24. The van der Waals surface area contributed by atoms with Crippen molar-refractivity contribution < 1.29 is 9.47 Å². The molecule has 2 aromatic rings. The summed E-state index contributed by atoms with van der Waals surface area (Å²) in [5.74, 6) is 1.51. The van der Waals surface area contributed by atoms with Crippen LogP contribution in [0, 0.1) is 0 Å². The lowest BCUT2D eigenvalue weighted by molar-refractivity contribution is 0.354. The fraction of sp³-hybridized carbons (Fsp3) is 0.333. The fourth-order valence-corrected chi connectivity index (χ4v) is 5.18. The monoisotopic (exact) mass is 433 g/mol. The molecule has 0 fully saturated rings. The van der Waals surface area contributed by atoms with Crippen molar-refractivity contribution in [2.45, 2.75) is 12.5 Å². The molecule has 1 atom stereocenters. The number of ether oxygens (including phenoxy) is 2. The third-order valence-electron chi connectivity index (χ3n) is 3.29. The maximum absolute atomic E-state index is 5.37. The van der Waals surface area contributed by atoms with Crippen LogP contribution in [-0.2, 0) is 6.42 Å². The summed E-state index contributed by atoms with van der Waals surface area (Å²) in [7, 11) is 5.28. The first-order valence-electron chi connectivity index (χ1n) is 6.42. The highest BCUT2D eigenvalue weighted by Gasteiger charge is 2.17. The minimum atomic E-state index is 0.236. The van der Waals surface area contributed by atoms with E-state index in [1.165, 1.54) is 11.1 Å². The summed E-state index contributed by atoms with van der Waals surface area (Å²) in [5.41, 5.74) is 2.45. The predicted octanol–water partition coefficient (Wildman–Crippen LogP) is 4.79. The van der Waals surface area contributed by atoms with Crippen LogP contribution in [0.15, 0.2) is 31.8 Å². The van der Waals surface area contributed by atoms with Crippen LogP contribution < -0.4 is 14.8 Å². The van der Waals surface area contributed by atoms with Gasteiger partial charge in [0.05, 0.1) is 21.8 Å². The van der Waals surface area contributed by atoms with E-state index in [4.69, 9.17) is 9.47 Å². The van der Waals surface area contributed by atoms with Gasteiger partial charge in [-0.05, 0) is 74.7 Å². The first-order chi connectivity index (χ1) is 10.1. The zero-order chi connectivity index (χ0) is 15.4. The molecule has 3 nitrogen and oxygen atoms in total. The van der Waals surface area contributed by atoms with Crippen LogP contribution in [0.5, 0.6) is 11.5 Å². The van der Waals surface area contributed by atoms with Gasteiger partial charge in [0.2, 0.25) is 0 Å². The number of hydrogen-bond donors (Lipinski definition) is 1. The fourth-order valence-electron chi connectivity index (χ4n) is 2.20. The van der Waals surface area contributed by atoms with Crippen molar-refractivity contribution in [2.75, 3.05) is 21.3 Å². The molecule has 0 radical (unpaired) electrons. The Kier molecular flexibility index (Phi) is 6.10. The van der Waals surface area contributed by atoms with E-state index in [1.54, 1.807) is 25.6 Å². The van der Waals surface area contributed by atoms with E-state index in [9.17, 15) is 0 Å². The molecule has 1 heterocycles. The van der Waals surface area contributed by atoms with Crippen molar-refractivity contribution in [2.24, 2.45) is 0 Å². The lowest BCUT2D eigenvalue weighted by Crippen LogP contribution is -2.18. The van der Waals surface area contributed by atoms with Gasteiger partial charge in [-0.1, -0.05) is 6.07 Å². The molecule has 0 saturated heterocycles. The SMILES string of the molecule is CNC(Cc1ccc(OC)c(OC)c1)c1cc(Br)sc1Br. The Hall–Kier alpha value is -0.560. The Morgan fingerprint density at radius 3 is 2.38 bits per heavy atom. The van der Waals surface area contributed by atoms with Crippen molar-refractivity contribution in [3.8, 4) is 11.5 Å². The number of nitrogens with one attached hydrogen (secondary N) is 1. The van der Waals surface area contributed by atoms with Gasteiger partial charge in [-0.25, -0.2) is 0 Å². The molecular weight excluding hydrogens is 418 g/mol. The number of methoxy groups -OCH3 is 2. The van der Waals surface area contributed by atoms with Gasteiger partial charge in [-0.3, -0.25) is 0 Å². The molecule has 0 spiro atoms. The molecule has 0 saturated carbocycles. The minimum Gasteiger partial charge on any atom is -0.493 e. The highest BCUT2D eigenvalue weighted by molar-refractivity contribution is 9.12. The van der Waals surface area contributed by atoms with E-state index in [0.29, 0.717) is 0 Å². The maximum atomic E-state index is 5.37. The molecule has 21 heavy (non-hydrogen) atoms. The third kappa shape index (κ3) is 4.00. The van der Waals surface area contributed by atoms with Crippen LogP contribution in [0.1, 0.15) is 17.2 Å². The van der Waals surface area contributed by atoms with Crippen LogP contribution in [-0.4, -0.2) is 21.3 Å². The van der Waals surface area contributed by atoms with Crippen molar-refractivity contribution in [1.82, 2.24) is 5.32 Å². The Morgan fingerprint density at radius 2 is 1.86 bits per heavy atom. The molecule has 0 amide bonds. The van der Waals surface area contributed by atoms with Crippen molar-refractivity contribution >= 4 is 43.2 Å². The molecule has 0 aliphatic carbocycles. The predicted molar refractivity (Wildman–Crippen MR) is 94.8 cm³/mol. The first kappa shape index (κ1) is 16.8. The summed E-state index contributed by atoms with van der Waals surface area (Å²) < 4.78 is 12.9. The second-order valence-corrected chi connectivity index (χ2v) is 8.26. The average Bonchev–Trinajstić information content (AvgIpc) is 2.83. The standard InChI is InChI=1S/C15H17Br2NO2S/c1-18-11(10-8-14(16)21-15(10)17)6-9-4-5-12(19-2)13(7-9)20-3/h4-5,7-8,11,18H,6H2,1-3H3. The van der Waals surface area contributed by atoms with E-state index in [2.05, 4.69) is 49.3 Å². The quantitative estimate of drug-likeness (QED) is 0.708. The number of hydrogen-bond acceptors (Lipinski definition) is 4. The van der Waals surface area contributed by atoms with Gasteiger partial charge in [-0.2, -0.15) is 0 Å². The number of halogens is 2. The molecule has 1 aromatic carbocycles. The molecule has 1 N–H and O–H groups in total. The lowest BCUT2D eigenvalue weighted by Gasteiger charge is -2.17. The maximum Gasteiger partial charge on any atom is 0.160 e. The van der Waals surface area contributed by atoms with Gasteiger partial charge < -0.3 is 14.8 Å². The van der Waals surface area contributed by atoms with Crippen LogP contribution >= 0.6 is 43.2 Å². The zero-order valence-electron chi connectivity index (χ0n) is 12.1. The van der Waals surface area contributed by atoms with Crippen LogP contribution in [0.2, 0.25) is 0 Å². The number of likely N-dealkylation sites (N-methyl/N-ethyl adjacent to an activating group) is 1. The summed E-state index contributed by atoms with van der Waals surface area (Å²) in [6.45, 7) is 0. The summed E-state index contributed by atoms with van der Waals surface area (Å²) in [6.07, 6.45) is 0.874. The van der Waals surface area contributed by atoms with Gasteiger partial charge in [0.1, 0.15) is 0 Å². The zero-order valence-corrected chi connectivity index (χ0v) is 16.1. The van der Waals surface area contributed by atoms with Gasteiger partial charge in [0, 0.05) is 6.04 Å². The van der Waals surface area contributed by atoms with Crippen molar-refractivity contribution in [3.05, 3.63) is 43.0 Å². The summed E-state index contributed by atoms with van der Waals surface area (Å²) in [5, 5.41) is 3.37. The molecule has 114 valence electrons. The number of benzene rings is 1. The topological polar surface area (TPSA) is 30.5 Å². The van der Waals surface area contributed by atoms with Gasteiger partial charge >= 0.3 is 0 Å². The molecule has 0 bridgehead atoms. The van der Waals surface area contributed by atoms with Crippen LogP contribution in [0.4, 0.5) is 0 Å². The summed E-state index contributed by atoms with van der Waals surface area (Å²) in [6, 6.07) is 8.43. The molecule has 6 heteroatoms. The lowest BCUT2D eigenvalue weighted by atomic mass is 10.0. The highest BCUT2D eigenvalue weighted by atomic mass is 79.9. The highest BCUT2D eigenvalue weighted by Crippen LogP contribution is 2.37. The third-order valence-corrected chi connectivity index (χ3v) is 5.68. The normalized spacial score (nSPS) is 12.2. The Bertz CT molecular complexity index is 616. The molecule has 1 unspecified atom stereocenters. The Morgan fingerprint density at radius 1 is 1.14 bits per heavy atom. The molecule has 1 aromatic heterocycles. The van der Waals surface area contributed by atoms with E-state index in [0.717, 1.165) is 25.5 Å². The first-order valence-corrected chi connectivity index (χ1v) is 8.82. The van der Waals surface area contributed by atoms with Gasteiger partial charge in [-0.15, -0.1) is 11.3 Å². The second-order valence-electron chi connectivity index (χ2n) is 4.51. The van der Waals surface area contributed by atoms with Crippen LogP contribution in [0.3, 0.4) is 0 Å². The minimum absolute atomic E-state index is 0.236. The van der Waals surface area contributed by atoms with Crippen molar-refractivity contribution in [3.63, 3.8) is 0 Å². The molecule has 0 aliphatic rings. The van der Waals surface area contributed by atoms with Crippen molar-refractivity contribution in [1.29, 1.82) is 0 Å². The van der Waals surface area contributed by atoms with E-state index < -0.39 is 0 Å². The largest absolute Gasteiger partial charge is 0.493 e. The summed E-state index contributed by atoms with van der Waals surface area (Å²) in [4.78, 5) is 0. The van der Waals surface area contributed by atoms with Gasteiger partial charge in [0.15, 0.2) is 11.5 Å². The van der Waals surface area contributed by atoms with E-state index in [-0.39, 0.29) is 6.04 Å². The smallest absolute Gasteiger partial charge is 0.160 e. The summed E-state index contributed by atoms with van der Waals surface area (Å²) >= 11 is 8.84.